The minimum absolute atomic E-state index is 0.0740. The lowest BCUT2D eigenvalue weighted by atomic mass is 10.0. The zero-order valence-electron chi connectivity index (χ0n) is 12.6. The summed E-state index contributed by atoms with van der Waals surface area (Å²) in [6.45, 7) is 0. The van der Waals surface area contributed by atoms with E-state index in [2.05, 4.69) is 5.32 Å². The van der Waals surface area contributed by atoms with Crippen LogP contribution in [-0.4, -0.2) is 23.0 Å². The highest BCUT2D eigenvalue weighted by atomic mass is 16.4. The van der Waals surface area contributed by atoms with Crippen molar-refractivity contribution in [3.05, 3.63) is 70.8 Å². The Kier molecular flexibility index (Phi) is 5.28. The summed E-state index contributed by atoms with van der Waals surface area (Å²) in [5, 5.41) is 29.6. The molecule has 0 aliphatic carbocycles. The molecule has 118 valence electrons. The molecule has 0 bridgehead atoms. The fourth-order valence-corrected chi connectivity index (χ4v) is 2.18. The summed E-state index contributed by atoms with van der Waals surface area (Å²) in [7, 11) is 0. The zero-order valence-corrected chi connectivity index (χ0v) is 12.6. The van der Waals surface area contributed by atoms with Crippen molar-refractivity contribution in [3.63, 3.8) is 0 Å². The van der Waals surface area contributed by atoms with Gasteiger partial charge in [-0.05, 0) is 23.8 Å². The Morgan fingerprint density at radius 3 is 2.12 bits per heavy atom. The Bertz CT molecular complexity index is 816. The monoisotopic (exact) mass is 319 g/mol. The Hall–Kier alpha value is -3.64. The molecule has 0 aliphatic rings. The van der Waals surface area contributed by atoms with Crippen molar-refractivity contribution in [2.75, 3.05) is 0 Å². The molecule has 6 nitrogen and oxygen atoms in total. The average Bonchev–Trinajstić information content (AvgIpc) is 2.61. The fraction of sp³-hybridized carbons (Fsp3) is 0.111. The van der Waals surface area contributed by atoms with Gasteiger partial charge in [0.25, 0.3) is 5.91 Å². The van der Waals surface area contributed by atoms with Crippen LogP contribution in [0.5, 0.6) is 0 Å². The number of nitriles is 2. The lowest BCUT2D eigenvalue weighted by Gasteiger charge is -2.15. The Morgan fingerprint density at radius 2 is 1.62 bits per heavy atom. The van der Waals surface area contributed by atoms with Crippen molar-refractivity contribution < 1.29 is 14.7 Å². The number of hydrogen-bond acceptors (Lipinski definition) is 4. The number of amides is 1. The molecule has 0 radical (unpaired) electrons. The van der Waals surface area contributed by atoms with Crippen LogP contribution in [0, 0.1) is 22.7 Å². The maximum absolute atomic E-state index is 12.3. The van der Waals surface area contributed by atoms with Gasteiger partial charge in [0.05, 0.1) is 23.3 Å². The molecule has 0 aliphatic heterocycles. The molecule has 2 N–H and O–H groups in total. The second-order valence-corrected chi connectivity index (χ2v) is 5.08. The number of nitrogens with zero attached hydrogens (tertiary/aromatic N) is 2. The summed E-state index contributed by atoms with van der Waals surface area (Å²) in [5.74, 6) is -1.81. The van der Waals surface area contributed by atoms with Gasteiger partial charge in [0.2, 0.25) is 0 Å². The molecule has 1 amide bonds. The van der Waals surface area contributed by atoms with E-state index in [-0.39, 0.29) is 23.1 Å². The number of carboxylic acid groups (broad SMARTS) is 1. The maximum Gasteiger partial charge on any atom is 0.326 e. The summed E-state index contributed by atoms with van der Waals surface area (Å²) in [5.41, 5.74) is 1.17. The van der Waals surface area contributed by atoms with E-state index in [0.717, 1.165) is 5.56 Å². The lowest BCUT2D eigenvalue weighted by Crippen LogP contribution is -2.42. The quantitative estimate of drug-likeness (QED) is 0.873. The van der Waals surface area contributed by atoms with Gasteiger partial charge in [-0.15, -0.1) is 0 Å². The van der Waals surface area contributed by atoms with Gasteiger partial charge in [-0.3, -0.25) is 4.79 Å². The number of carboxylic acids is 1. The normalized spacial score (nSPS) is 10.9. The number of aliphatic carboxylic acids is 1. The molecule has 0 aromatic heterocycles. The van der Waals surface area contributed by atoms with Crippen LogP contribution in [-0.2, 0) is 11.2 Å². The lowest BCUT2D eigenvalue weighted by molar-refractivity contribution is -0.139. The molecule has 2 aromatic rings. The molecule has 0 fully saturated rings. The first-order valence-corrected chi connectivity index (χ1v) is 7.06. The third-order valence-corrected chi connectivity index (χ3v) is 3.34. The van der Waals surface area contributed by atoms with Crippen LogP contribution in [0.3, 0.4) is 0 Å². The van der Waals surface area contributed by atoms with Crippen molar-refractivity contribution in [2.45, 2.75) is 12.5 Å². The predicted octanol–water partition coefficient (Wildman–Crippen LogP) is 1.86. The minimum atomic E-state index is -1.16. The van der Waals surface area contributed by atoms with Crippen molar-refractivity contribution in [1.82, 2.24) is 5.32 Å². The smallest absolute Gasteiger partial charge is 0.326 e. The summed E-state index contributed by atoms with van der Waals surface area (Å²) in [6.07, 6.45) is 0.130. The van der Waals surface area contributed by atoms with Crippen LogP contribution in [0.4, 0.5) is 0 Å². The second-order valence-electron chi connectivity index (χ2n) is 5.08. The zero-order chi connectivity index (χ0) is 17.5. The number of carbonyl (C=O) groups is 2. The van der Waals surface area contributed by atoms with Crippen LogP contribution in [0.1, 0.15) is 27.0 Å². The molecule has 1 atom stereocenters. The molecule has 0 unspecified atom stereocenters. The standard InChI is InChI=1S/C18H13N3O3/c19-10-13-6-14(11-20)8-15(7-13)17(22)21-16(18(23)24)9-12-4-2-1-3-5-12/h1-8,16H,9H2,(H,21,22)(H,23,24)/t16-/m0/s1. The second kappa shape index (κ2) is 7.57. The van der Waals surface area contributed by atoms with E-state index in [1.807, 2.05) is 18.2 Å². The van der Waals surface area contributed by atoms with Gasteiger partial charge < -0.3 is 10.4 Å². The molecule has 2 aromatic carbocycles. The Balaban J connectivity index is 2.21. The largest absolute Gasteiger partial charge is 0.480 e. The maximum atomic E-state index is 12.3. The Morgan fingerprint density at radius 1 is 1.04 bits per heavy atom. The molecule has 6 heteroatoms. The molecule has 24 heavy (non-hydrogen) atoms. The number of nitrogens with one attached hydrogen (secondary N) is 1. The molecule has 0 heterocycles. The molecule has 2 rings (SSSR count). The van der Waals surface area contributed by atoms with Gasteiger partial charge in [0.15, 0.2) is 0 Å². The SMILES string of the molecule is N#Cc1cc(C#N)cc(C(=O)N[C@@H](Cc2ccccc2)C(=O)O)c1. The highest BCUT2D eigenvalue weighted by Gasteiger charge is 2.21. The number of rotatable bonds is 5. The average molecular weight is 319 g/mol. The summed E-state index contributed by atoms with van der Waals surface area (Å²) < 4.78 is 0. The van der Waals surface area contributed by atoms with Gasteiger partial charge in [-0.2, -0.15) is 10.5 Å². The highest BCUT2D eigenvalue weighted by molar-refractivity contribution is 5.97. The van der Waals surface area contributed by atoms with Gasteiger partial charge in [-0.1, -0.05) is 30.3 Å². The summed E-state index contributed by atoms with van der Waals surface area (Å²) in [4.78, 5) is 23.7. The summed E-state index contributed by atoms with van der Waals surface area (Å²) in [6, 6.07) is 15.5. The minimum Gasteiger partial charge on any atom is -0.480 e. The highest BCUT2D eigenvalue weighted by Crippen LogP contribution is 2.10. The number of carbonyl (C=O) groups excluding carboxylic acids is 1. The van der Waals surface area contributed by atoms with Crippen LogP contribution in [0.25, 0.3) is 0 Å². The number of benzene rings is 2. The first-order valence-electron chi connectivity index (χ1n) is 7.06. The number of hydrogen-bond donors (Lipinski definition) is 2. The summed E-state index contributed by atoms with van der Waals surface area (Å²) >= 11 is 0. The van der Waals surface area contributed by atoms with Crippen LogP contribution < -0.4 is 5.32 Å². The molecule has 0 saturated carbocycles. The van der Waals surface area contributed by atoms with E-state index in [9.17, 15) is 14.7 Å². The van der Waals surface area contributed by atoms with Crippen LogP contribution in [0.15, 0.2) is 48.5 Å². The van der Waals surface area contributed by atoms with Crippen LogP contribution >= 0.6 is 0 Å². The molecule has 0 saturated heterocycles. The van der Waals surface area contributed by atoms with Crippen molar-refractivity contribution >= 4 is 11.9 Å². The first kappa shape index (κ1) is 16.7. The van der Waals surface area contributed by atoms with Gasteiger partial charge in [0, 0.05) is 12.0 Å². The van der Waals surface area contributed by atoms with E-state index in [4.69, 9.17) is 10.5 Å². The molecular weight excluding hydrogens is 306 g/mol. The molecular formula is C18H13N3O3. The Labute approximate surface area is 138 Å². The van der Waals surface area contributed by atoms with Crippen molar-refractivity contribution in [3.8, 4) is 12.1 Å². The van der Waals surface area contributed by atoms with Gasteiger partial charge >= 0.3 is 5.97 Å². The fourth-order valence-electron chi connectivity index (χ4n) is 2.18. The van der Waals surface area contributed by atoms with E-state index < -0.39 is 17.9 Å². The van der Waals surface area contributed by atoms with E-state index >= 15 is 0 Å². The predicted molar refractivity (Wildman–Crippen MR) is 84.9 cm³/mol. The van der Waals surface area contributed by atoms with Crippen molar-refractivity contribution in [1.29, 1.82) is 10.5 Å². The van der Waals surface area contributed by atoms with Gasteiger partial charge in [-0.25, -0.2) is 4.79 Å². The topological polar surface area (TPSA) is 114 Å². The first-order chi connectivity index (χ1) is 11.5. The van der Waals surface area contributed by atoms with Crippen molar-refractivity contribution in [2.24, 2.45) is 0 Å². The van der Waals surface area contributed by atoms with Gasteiger partial charge in [0.1, 0.15) is 6.04 Å². The third kappa shape index (κ3) is 4.19. The van der Waals surface area contributed by atoms with E-state index in [1.54, 1.807) is 24.3 Å². The molecule has 0 spiro atoms. The van der Waals surface area contributed by atoms with E-state index in [0.29, 0.717) is 0 Å². The third-order valence-electron chi connectivity index (χ3n) is 3.34. The van der Waals surface area contributed by atoms with E-state index in [1.165, 1.54) is 18.2 Å². The van der Waals surface area contributed by atoms with Crippen LogP contribution in [0.2, 0.25) is 0 Å².